The molecule has 8 heteroatoms. The number of rotatable bonds is 6. The zero-order chi connectivity index (χ0) is 21.3. The third-order valence-corrected chi connectivity index (χ3v) is 5.45. The van der Waals surface area contributed by atoms with E-state index in [0.717, 1.165) is 10.5 Å². The molecule has 150 valence electrons. The molecular formula is C22H15FN2O4S. The minimum Gasteiger partial charge on any atom is -0.456 e. The number of esters is 1. The molecule has 1 aliphatic heterocycles. The third-order valence-electron chi connectivity index (χ3n) is 4.51. The summed E-state index contributed by atoms with van der Waals surface area (Å²) in [6, 6.07) is 10.2. The van der Waals surface area contributed by atoms with Crippen LogP contribution in [0, 0.1) is 5.82 Å². The molecule has 0 fully saturated rings. The first-order valence-corrected chi connectivity index (χ1v) is 9.84. The van der Waals surface area contributed by atoms with Crippen LogP contribution in [0.4, 0.5) is 4.39 Å². The van der Waals surface area contributed by atoms with Gasteiger partial charge in [0.05, 0.1) is 22.4 Å². The number of halogens is 1. The van der Waals surface area contributed by atoms with Gasteiger partial charge < -0.3 is 4.74 Å². The number of hydrogen-bond donors (Lipinski definition) is 0. The Morgan fingerprint density at radius 2 is 1.87 bits per heavy atom. The lowest BCUT2D eigenvalue weighted by atomic mass is 10.1. The summed E-state index contributed by atoms with van der Waals surface area (Å²) in [6.45, 7) is 3.59. The van der Waals surface area contributed by atoms with E-state index in [0.29, 0.717) is 10.7 Å². The Kier molecular flexibility index (Phi) is 5.24. The van der Waals surface area contributed by atoms with Gasteiger partial charge in [0.25, 0.3) is 11.8 Å². The number of amides is 2. The fraction of sp³-hybridized carbons (Fsp3) is 0.0909. The maximum Gasteiger partial charge on any atom is 0.338 e. The van der Waals surface area contributed by atoms with Crippen LogP contribution in [0.1, 0.15) is 36.8 Å². The quantitative estimate of drug-likeness (QED) is 0.340. The summed E-state index contributed by atoms with van der Waals surface area (Å²) in [5, 5.41) is 2.44. The molecule has 1 aromatic heterocycles. The Morgan fingerprint density at radius 1 is 1.13 bits per heavy atom. The van der Waals surface area contributed by atoms with Crippen LogP contribution < -0.4 is 0 Å². The Bertz CT molecular complexity index is 1170. The van der Waals surface area contributed by atoms with Crippen LogP contribution in [0.2, 0.25) is 0 Å². The van der Waals surface area contributed by atoms with Crippen molar-refractivity contribution in [3.8, 4) is 10.6 Å². The van der Waals surface area contributed by atoms with Gasteiger partial charge in [-0.3, -0.25) is 14.5 Å². The lowest BCUT2D eigenvalue weighted by Gasteiger charge is -2.09. The SMILES string of the molecule is C=CCN1C(=O)c2ccc(C(=O)OCc3csc(-c4ccc(F)cc4)n3)cc2C1=O. The number of imide groups is 1. The van der Waals surface area contributed by atoms with Crippen molar-refractivity contribution in [1.82, 2.24) is 9.88 Å². The van der Waals surface area contributed by atoms with Crippen molar-refractivity contribution in [2.75, 3.05) is 6.54 Å². The highest BCUT2D eigenvalue weighted by Gasteiger charge is 2.35. The van der Waals surface area contributed by atoms with Crippen molar-refractivity contribution >= 4 is 29.1 Å². The summed E-state index contributed by atoms with van der Waals surface area (Å²) in [7, 11) is 0. The summed E-state index contributed by atoms with van der Waals surface area (Å²) in [5.74, 6) is -1.83. The van der Waals surface area contributed by atoms with E-state index in [1.54, 1.807) is 17.5 Å². The molecule has 0 spiro atoms. The van der Waals surface area contributed by atoms with E-state index in [-0.39, 0.29) is 35.7 Å². The molecular weight excluding hydrogens is 407 g/mol. The molecule has 0 bridgehead atoms. The van der Waals surface area contributed by atoms with Crippen LogP contribution in [0.5, 0.6) is 0 Å². The second-order valence-corrected chi connectivity index (χ2v) is 7.36. The average molecular weight is 422 g/mol. The van der Waals surface area contributed by atoms with Gasteiger partial charge in [-0.1, -0.05) is 6.08 Å². The molecule has 0 unspecified atom stereocenters. The number of nitrogens with zero attached hydrogens (tertiary/aromatic N) is 2. The lowest BCUT2D eigenvalue weighted by Crippen LogP contribution is -2.29. The van der Waals surface area contributed by atoms with Crippen molar-refractivity contribution < 1.29 is 23.5 Å². The fourth-order valence-corrected chi connectivity index (χ4v) is 3.84. The molecule has 2 heterocycles. The standard InChI is InChI=1S/C22H15FN2O4S/c1-2-9-25-20(26)17-8-5-14(10-18(17)21(25)27)22(28)29-11-16-12-30-19(24-16)13-3-6-15(23)7-4-13/h2-8,10,12H,1,9,11H2. The summed E-state index contributed by atoms with van der Waals surface area (Å²) < 4.78 is 18.3. The average Bonchev–Trinajstić information content (AvgIpc) is 3.32. The molecule has 1 aliphatic rings. The maximum atomic E-state index is 13.0. The zero-order valence-corrected chi connectivity index (χ0v) is 16.4. The number of hydrogen-bond acceptors (Lipinski definition) is 6. The first-order chi connectivity index (χ1) is 14.5. The molecule has 30 heavy (non-hydrogen) atoms. The Hall–Kier alpha value is -3.65. The molecule has 0 radical (unpaired) electrons. The predicted molar refractivity (Wildman–Crippen MR) is 109 cm³/mol. The zero-order valence-electron chi connectivity index (χ0n) is 15.6. The van der Waals surface area contributed by atoms with Crippen molar-refractivity contribution in [3.63, 3.8) is 0 Å². The normalized spacial score (nSPS) is 12.8. The predicted octanol–water partition coefficient (Wildman–Crippen LogP) is 4.09. The maximum absolute atomic E-state index is 13.0. The van der Waals surface area contributed by atoms with Crippen LogP contribution in [0.25, 0.3) is 10.6 Å². The summed E-state index contributed by atoms with van der Waals surface area (Å²) in [5.41, 5.74) is 1.91. The molecule has 2 amide bonds. The second-order valence-electron chi connectivity index (χ2n) is 6.50. The van der Waals surface area contributed by atoms with Crippen LogP contribution in [-0.2, 0) is 11.3 Å². The lowest BCUT2D eigenvalue weighted by molar-refractivity contribution is 0.0468. The van der Waals surface area contributed by atoms with E-state index >= 15 is 0 Å². The van der Waals surface area contributed by atoms with Crippen molar-refractivity contribution in [3.05, 3.63) is 88.7 Å². The number of fused-ring (bicyclic) bond motifs is 1. The number of benzene rings is 2. The molecule has 0 saturated carbocycles. The molecule has 0 N–H and O–H groups in total. The number of carbonyl (C=O) groups excluding carboxylic acids is 3. The molecule has 6 nitrogen and oxygen atoms in total. The second kappa shape index (κ2) is 8.00. The number of carbonyl (C=O) groups is 3. The van der Waals surface area contributed by atoms with Crippen molar-refractivity contribution in [2.24, 2.45) is 0 Å². The van der Waals surface area contributed by atoms with Crippen LogP contribution >= 0.6 is 11.3 Å². The molecule has 0 atom stereocenters. The van der Waals surface area contributed by atoms with Crippen molar-refractivity contribution in [1.29, 1.82) is 0 Å². The Morgan fingerprint density at radius 3 is 2.60 bits per heavy atom. The summed E-state index contributed by atoms with van der Waals surface area (Å²) in [4.78, 5) is 42.5. The summed E-state index contributed by atoms with van der Waals surface area (Å²) >= 11 is 1.36. The van der Waals surface area contributed by atoms with Gasteiger partial charge in [-0.2, -0.15) is 0 Å². The minimum atomic E-state index is -0.628. The molecule has 4 rings (SSSR count). The Balaban J connectivity index is 1.45. The fourth-order valence-electron chi connectivity index (χ4n) is 3.03. The minimum absolute atomic E-state index is 0.0525. The highest BCUT2D eigenvalue weighted by molar-refractivity contribution is 7.13. The van der Waals surface area contributed by atoms with Gasteiger partial charge in [0.1, 0.15) is 17.4 Å². The smallest absolute Gasteiger partial charge is 0.338 e. The Labute approximate surface area is 175 Å². The molecule has 0 aliphatic carbocycles. The van der Waals surface area contributed by atoms with E-state index in [4.69, 9.17) is 4.74 Å². The highest BCUT2D eigenvalue weighted by atomic mass is 32.1. The van der Waals surface area contributed by atoms with Gasteiger partial charge in [0, 0.05) is 17.5 Å². The number of aromatic nitrogens is 1. The number of ether oxygens (including phenoxy) is 1. The van der Waals surface area contributed by atoms with Gasteiger partial charge in [-0.15, -0.1) is 17.9 Å². The van der Waals surface area contributed by atoms with E-state index in [9.17, 15) is 18.8 Å². The third kappa shape index (κ3) is 3.65. The summed E-state index contributed by atoms with van der Waals surface area (Å²) in [6.07, 6.45) is 1.46. The van der Waals surface area contributed by atoms with Crippen LogP contribution in [-0.4, -0.2) is 34.2 Å². The van der Waals surface area contributed by atoms with E-state index in [1.165, 1.54) is 47.7 Å². The highest BCUT2D eigenvalue weighted by Crippen LogP contribution is 2.26. The monoisotopic (exact) mass is 422 g/mol. The van der Waals surface area contributed by atoms with Crippen LogP contribution in [0.15, 0.2) is 60.5 Å². The van der Waals surface area contributed by atoms with Gasteiger partial charge in [-0.05, 0) is 42.5 Å². The van der Waals surface area contributed by atoms with E-state index < -0.39 is 17.8 Å². The van der Waals surface area contributed by atoms with Gasteiger partial charge >= 0.3 is 5.97 Å². The van der Waals surface area contributed by atoms with Crippen LogP contribution in [0.3, 0.4) is 0 Å². The largest absolute Gasteiger partial charge is 0.456 e. The molecule has 3 aromatic rings. The molecule has 2 aromatic carbocycles. The van der Waals surface area contributed by atoms with Crippen molar-refractivity contribution in [2.45, 2.75) is 6.61 Å². The molecule has 0 saturated heterocycles. The topological polar surface area (TPSA) is 76.6 Å². The van der Waals surface area contributed by atoms with Gasteiger partial charge in [-0.25, -0.2) is 14.2 Å². The van der Waals surface area contributed by atoms with Gasteiger partial charge in [0.2, 0.25) is 0 Å². The van der Waals surface area contributed by atoms with E-state index in [1.807, 2.05) is 0 Å². The number of thiazole rings is 1. The first kappa shape index (κ1) is 19.7. The van der Waals surface area contributed by atoms with Gasteiger partial charge in [0.15, 0.2) is 0 Å². The van der Waals surface area contributed by atoms with E-state index in [2.05, 4.69) is 11.6 Å². The first-order valence-electron chi connectivity index (χ1n) is 8.96.